The maximum atomic E-state index is 13.0. The minimum atomic E-state index is -3.13. The van der Waals surface area contributed by atoms with Gasteiger partial charge in [0.15, 0.2) is 16.4 Å². The number of sulfone groups is 1. The molecule has 1 unspecified atom stereocenters. The molecular formula is C22H26ClNO5S. The van der Waals surface area contributed by atoms with Gasteiger partial charge in [-0.3, -0.25) is 4.79 Å². The first-order valence-electron chi connectivity index (χ1n) is 9.88. The first-order valence-corrected chi connectivity index (χ1v) is 12.1. The lowest BCUT2D eigenvalue weighted by molar-refractivity contribution is -0.136. The molecule has 2 aromatic carbocycles. The summed E-state index contributed by atoms with van der Waals surface area (Å²) in [6.07, 6.45) is 0.436. The van der Waals surface area contributed by atoms with Crippen molar-refractivity contribution in [2.24, 2.45) is 0 Å². The molecule has 1 aliphatic heterocycles. The average molecular weight is 452 g/mol. The summed E-state index contributed by atoms with van der Waals surface area (Å²) >= 11 is 5.97. The minimum absolute atomic E-state index is 0.0181. The first kappa shape index (κ1) is 22.4. The summed E-state index contributed by atoms with van der Waals surface area (Å²) in [7, 11) is -3.13. The smallest absolute Gasteiger partial charge is 0.261 e. The molecule has 1 fully saturated rings. The quantitative estimate of drug-likeness (QED) is 0.612. The van der Waals surface area contributed by atoms with Gasteiger partial charge in [0.05, 0.1) is 18.1 Å². The standard InChI is InChI=1S/C22H26ClNO5S/c1-3-28-20-7-4-17(5-8-20)13-24(19-10-11-30(26,27)15-19)22(25)14-29-21-9-6-18(23)12-16(21)2/h4-9,12,19H,3,10-11,13-15H2,1-2H3. The van der Waals surface area contributed by atoms with Gasteiger partial charge in [0.2, 0.25) is 0 Å². The lowest BCUT2D eigenvalue weighted by atomic mass is 10.1. The number of nitrogens with zero attached hydrogens (tertiary/aromatic N) is 1. The van der Waals surface area contributed by atoms with Gasteiger partial charge in [-0.2, -0.15) is 0 Å². The Morgan fingerprint density at radius 2 is 1.90 bits per heavy atom. The fraction of sp³-hybridized carbons (Fsp3) is 0.409. The fourth-order valence-corrected chi connectivity index (χ4v) is 5.45. The van der Waals surface area contributed by atoms with E-state index < -0.39 is 9.84 Å². The Kier molecular flexibility index (Phi) is 7.26. The maximum absolute atomic E-state index is 13.0. The number of hydrogen-bond acceptors (Lipinski definition) is 5. The van der Waals surface area contributed by atoms with Crippen molar-refractivity contribution in [1.29, 1.82) is 0 Å². The molecule has 1 heterocycles. The molecule has 0 aliphatic carbocycles. The van der Waals surface area contributed by atoms with Crippen LogP contribution in [0.25, 0.3) is 0 Å². The Bertz CT molecular complexity index is 991. The van der Waals surface area contributed by atoms with Gasteiger partial charge >= 0.3 is 0 Å². The molecule has 3 rings (SSSR count). The van der Waals surface area contributed by atoms with Crippen molar-refractivity contribution >= 4 is 27.3 Å². The van der Waals surface area contributed by atoms with Crippen LogP contribution in [-0.4, -0.2) is 50.0 Å². The van der Waals surface area contributed by atoms with Gasteiger partial charge in [-0.1, -0.05) is 23.7 Å². The third-order valence-electron chi connectivity index (χ3n) is 5.04. The molecular weight excluding hydrogens is 426 g/mol. The molecule has 162 valence electrons. The topological polar surface area (TPSA) is 72.9 Å². The highest BCUT2D eigenvalue weighted by molar-refractivity contribution is 7.91. The fourth-order valence-electron chi connectivity index (χ4n) is 3.49. The van der Waals surface area contributed by atoms with Crippen LogP contribution in [-0.2, 0) is 21.2 Å². The minimum Gasteiger partial charge on any atom is -0.494 e. The number of halogens is 1. The van der Waals surface area contributed by atoms with Gasteiger partial charge in [0.1, 0.15) is 11.5 Å². The number of aryl methyl sites for hydroxylation is 1. The predicted molar refractivity (Wildman–Crippen MR) is 117 cm³/mol. The van der Waals surface area contributed by atoms with Crippen molar-refractivity contribution < 1.29 is 22.7 Å². The highest BCUT2D eigenvalue weighted by Gasteiger charge is 2.34. The molecule has 1 atom stereocenters. The lowest BCUT2D eigenvalue weighted by Gasteiger charge is -2.28. The van der Waals surface area contributed by atoms with E-state index in [1.165, 1.54) is 0 Å². The van der Waals surface area contributed by atoms with Crippen molar-refractivity contribution in [3.05, 3.63) is 58.6 Å². The molecule has 0 N–H and O–H groups in total. The number of hydrogen-bond donors (Lipinski definition) is 0. The number of carbonyl (C=O) groups is 1. The monoisotopic (exact) mass is 451 g/mol. The third kappa shape index (κ3) is 5.89. The number of rotatable bonds is 8. The van der Waals surface area contributed by atoms with E-state index in [4.69, 9.17) is 21.1 Å². The summed E-state index contributed by atoms with van der Waals surface area (Å²) < 4.78 is 35.2. The van der Waals surface area contributed by atoms with E-state index in [0.717, 1.165) is 16.9 Å². The van der Waals surface area contributed by atoms with Gasteiger partial charge in [-0.25, -0.2) is 8.42 Å². The molecule has 0 radical (unpaired) electrons. The van der Waals surface area contributed by atoms with Crippen LogP contribution in [0.4, 0.5) is 0 Å². The van der Waals surface area contributed by atoms with Crippen LogP contribution < -0.4 is 9.47 Å². The van der Waals surface area contributed by atoms with Crippen LogP contribution in [0.1, 0.15) is 24.5 Å². The Morgan fingerprint density at radius 1 is 1.17 bits per heavy atom. The van der Waals surface area contributed by atoms with Crippen LogP contribution in [0.15, 0.2) is 42.5 Å². The van der Waals surface area contributed by atoms with E-state index in [0.29, 0.717) is 30.3 Å². The normalized spacial score (nSPS) is 17.5. The summed E-state index contributed by atoms with van der Waals surface area (Å²) in [6.45, 7) is 4.49. The van der Waals surface area contributed by atoms with Crippen LogP contribution in [0.3, 0.4) is 0 Å². The summed E-state index contributed by atoms with van der Waals surface area (Å²) in [4.78, 5) is 14.6. The van der Waals surface area contributed by atoms with Crippen LogP contribution >= 0.6 is 11.6 Å². The third-order valence-corrected chi connectivity index (χ3v) is 7.03. The van der Waals surface area contributed by atoms with Crippen LogP contribution in [0.5, 0.6) is 11.5 Å². The van der Waals surface area contributed by atoms with E-state index >= 15 is 0 Å². The first-order chi connectivity index (χ1) is 14.3. The van der Waals surface area contributed by atoms with Gasteiger partial charge in [-0.15, -0.1) is 0 Å². The van der Waals surface area contributed by atoms with Gasteiger partial charge < -0.3 is 14.4 Å². The molecule has 0 saturated carbocycles. The second kappa shape index (κ2) is 9.71. The van der Waals surface area contributed by atoms with Crippen LogP contribution in [0.2, 0.25) is 5.02 Å². The zero-order valence-electron chi connectivity index (χ0n) is 17.1. The average Bonchev–Trinajstić information content (AvgIpc) is 3.06. The molecule has 2 aromatic rings. The number of benzene rings is 2. The molecule has 0 aromatic heterocycles. The molecule has 1 aliphatic rings. The molecule has 8 heteroatoms. The Morgan fingerprint density at radius 3 is 2.50 bits per heavy atom. The van der Waals surface area contributed by atoms with Crippen molar-refractivity contribution in [2.45, 2.75) is 32.9 Å². The Balaban J connectivity index is 1.73. The van der Waals surface area contributed by atoms with Crippen molar-refractivity contribution in [3.63, 3.8) is 0 Å². The van der Waals surface area contributed by atoms with Crippen molar-refractivity contribution in [2.75, 3.05) is 24.7 Å². The highest BCUT2D eigenvalue weighted by atomic mass is 35.5. The molecule has 0 bridgehead atoms. The molecule has 1 saturated heterocycles. The molecule has 30 heavy (non-hydrogen) atoms. The van der Waals surface area contributed by atoms with E-state index in [2.05, 4.69) is 0 Å². The molecule has 0 spiro atoms. The van der Waals surface area contributed by atoms with E-state index in [1.54, 1.807) is 23.1 Å². The summed E-state index contributed by atoms with van der Waals surface area (Å²) in [5.74, 6) is 1.16. The lowest BCUT2D eigenvalue weighted by Crippen LogP contribution is -2.43. The Labute approximate surface area is 182 Å². The van der Waals surface area contributed by atoms with E-state index in [-0.39, 0.29) is 30.1 Å². The van der Waals surface area contributed by atoms with E-state index in [9.17, 15) is 13.2 Å². The van der Waals surface area contributed by atoms with Crippen molar-refractivity contribution in [1.82, 2.24) is 4.90 Å². The zero-order chi connectivity index (χ0) is 21.7. The maximum Gasteiger partial charge on any atom is 0.261 e. The second-order valence-electron chi connectivity index (χ2n) is 7.35. The largest absolute Gasteiger partial charge is 0.494 e. The van der Waals surface area contributed by atoms with Gasteiger partial charge in [0.25, 0.3) is 5.91 Å². The number of amides is 1. The second-order valence-corrected chi connectivity index (χ2v) is 10.0. The Hall–Kier alpha value is -2.25. The summed E-state index contributed by atoms with van der Waals surface area (Å²) in [5, 5.41) is 0.597. The SMILES string of the molecule is CCOc1ccc(CN(C(=O)COc2ccc(Cl)cc2C)C2CCS(=O)(=O)C2)cc1. The molecule has 1 amide bonds. The van der Waals surface area contributed by atoms with E-state index in [1.807, 2.05) is 38.1 Å². The number of carbonyl (C=O) groups excluding carboxylic acids is 1. The van der Waals surface area contributed by atoms with Crippen molar-refractivity contribution in [3.8, 4) is 11.5 Å². The van der Waals surface area contributed by atoms with Gasteiger partial charge in [-0.05, 0) is 61.7 Å². The van der Waals surface area contributed by atoms with Crippen LogP contribution in [0, 0.1) is 6.92 Å². The highest BCUT2D eigenvalue weighted by Crippen LogP contribution is 2.24. The van der Waals surface area contributed by atoms with Gasteiger partial charge in [0, 0.05) is 17.6 Å². The summed E-state index contributed by atoms with van der Waals surface area (Å²) in [6, 6.07) is 12.3. The summed E-state index contributed by atoms with van der Waals surface area (Å²) in [5.41, 5.74) is 1.73. The number of ether oxygens (including phenoxy) is 2. The molecule has 6 nitrogen and oxygen atoms in total. The predicted octanol–water partition coefficient (Wildman–Crippen LogP) is 3.64. The zero-order valence-corrected chi connectivity index (χ0v) is 18.7.